The highest BCUT2D eigenvalue weighted by Gasteiger charge is 2.02. The lowest BCUT2D eigenvalue weighted by Crippen LogP contribution is -2.24. The molecule has 0 atom stereocenters. The lowest BCUT2D eigenvalue weighted by atomic mass is 10.3. The topological polar surface area (TPSA) is 79.4 Å². The van der Waals surface area contributed by atoms with Crippen LogP contribution in [0.5, 0.6) is 5.75 Å². The van der Waals surface area contributed by atoms with Gasteiger partial charge in [0.15, 0.2) is 12.4 Å². The second kappa shape index (κ2) is 6.53. The van der Waals surface area contributed by atoms with Crippen molar-refractivity contribution in [1.29, 1.82) is 0 Å². The zero-order chi connectivity index (χ0) is 15.2. The summed E-state index contributed by atoms with van der Waals surface area (Å²) in [6.07, 6.45) is 1.46. The number of H-pyrrole nitrogens is 1. The number of hydrogen-bond donors (Lipinski definition) is 2. The molecule has 6 heteroatoms. The number of fused-ring (bicyclic) bond motifs is 1. The molecule has 1 aromatic heterocycles. The van der Waals surface area contributed by atoms with Crippen molar-refractivity contribution in [3.63, 3.8) is 0 Å². The molecular weight excluding hydrogens is 280 g/mol. The third-order valence-corrected chi connectivity index (χ3v) is 2.90. The van der Waals surface area contributed by atoms with Crippen LogP contribution in [0.3, 0.4) is 0 Å². The minimum Gasteiger partial charge on any atom is -0.484 e. The predicted octanol–water partition coefficient (Wildman–Crippen LogP) is 2.09. The molecule has 0 aliphatic carbocycles. The first-order valence-electron chi connectivity index (χ1n) is 6.76. The number of aromatic nitrogens is 2. The zero-order valence-corrected chi connectivity index (χ0v) is 11.7. The molecule has 22 heavy (non-hydrogen) atoms. The third-order valence-electron chi connectivity index (χ3n) is 2.90. The van der Waals surface area contributed by atoms with Gasteiger partial charge >= 0.3 is 0 Å². The molecule has 3 aromatic rings. The molecule has 3 rings (SSSR count). The van der Waals surface area contributed by atoms with E-state index in [0.29, 0.717) is 11.6 Å². The number of hydrogen-bond acceptors (Lipinski definition) is 4. The third kappa shape index (κ3) is 3.49. The maximum atomic E-state index is 11.6. The van der Waals surface area contributed by atoms with Crippen LogP contribution in [0.4, 0.5) is 0 Å². The fourth-order valence-electron chi connectivity index (χ4n) is 1.90. The van der Waals surface area contributed by atoms with Crippen LogP contribution < -0.4 is 10.2 Å². The maximum absolute atomic E-state index is 11.6. The number of ether oxygens (including phenoxy) is 1. The first-order chi connectivity index (χ1) is 10.8. The minimum atomic E-state index is -0.337. The predicted molar refractivity (Wildman–Crippen MR) is 83.8 cm³/mol. The first kappa shape index (κ1) is 13.8. The van der Waals surface area contributed by atoms with Gasteiger partial charge in [0.2, 0.25) is 0 Å². The van der Waals surface area contributed by atoms with Crippen molar-refractivity contribution in [3.05, 3.63) is 60.4 Å². The van der Waals surface area contributed by atoms with E-state index in [2.05, 4.69) is 20.5 Å². The van der Waals surface area contributed by atoms with Gasteiger partial charge < -0.3 is 9.72 Å². The highest BCUT2D eigenvalue weighted by molar-refractivity contribution is 5.85. The van der Waals surface area contributed by atoms with Gasteiger partial charge in [0.25, 0.3) is 5.91 Å². The van der Waals surface area contributed by atoms with Gasteiger partial charge in [-0.15, -0.1) is 0 Å². The van der Waals surface area contributed by atoms with E-state index >= 15 is 0 Å². The summed E-state index contributed by atoms with van der Waals surface area (Å²) in [5.41, 5.74) is 4.16. The number of amides is 1. The quantitative estimate of drug-likeness (QED) is 0.558. The van der Waals surface area contributed by atoms with Crippen molar-refractivity contribution in [3.8, 4) is 5.75 Å². The van der Waals surface area contributed by atoms with E-state index in [9.17, 15) is 4.79 Å². The number of nitrogens with zero attached hydrogens (tertiary/aromatic N) is 2. The van der Waals surface area contributed by atoms with Gasteiger partial charge in [-0.3, -0.25) is 4.79 Å². The van der Waals surface area contributed by atoms with Crippen LogP contribution in [-0.4, -0.2) is 28.7 Å². The Morgan fingerprint density at radius 3 is 2.77 bits per heavy atom. The van der Waals surface area contributed by atoms with Crippen molar-refractivity contribution in [2.24, 2.45) is 5.10 Å². The van der Waals surface area contributed by atoms with Gasteiger partial charge in [0.05, 0.1) is 17.2 Å². The molecule has 0 aliphatic heterocycles. The SMILES string of the molecule is O=C(COc1ccccc1)NN=Cc1nc2ccccc2[nH]1. The summed E-state index contributed by atoms with van der Waals surface area (Å²) >= 11 is 0. The van der Waals surface area contributed by atoms with Gasteiger partial charge in [-0.25, -0.2) is 10.4 Å². The number of para-hydroxylation sites is 3. The number of imidazole rings is 1. The van der Waals surface area contributed by atoms with Gasteiger partial charge in [0, 0.05) is 0 Å². The van der Waals surface area contributed by atoms with E-state index in [1.807, 2.05) is 42.5 Å². The minimum absolute atomic E-state index is 0.0958. The largest absolute Gasteiger partial charge is 0.484 e. The van der Waals surface area contributed by atoms with Gasteiger partial charge in [0.1, 0.15) is 5.75 Å². The summed E-state index contributed by atoms with van der Waals surface area (Å²) in [6.45, 7) is -0.0958. The Hall–Kier alpha value is -3.15. The van der Waals surface area contributed by atoms with Gasteiger partial charge in [-0.2, -0.15) is 5.10 Å². The zero-order valence-electron chi connectivity index (χ0n) is 11.7. The lowest BCUT2D eigenvalue weighted by Gasteiger charge is -2.03. The molecule has 1 heterocycles. The summed E-state index contributed by atoms with van der Waals surface area (Å²) in [7, 11) is 0. The fourth-order valence-corrected chi connectivity index (χ4v) is 1.90. The van der Waals surface area contributed by atoms with Gasteiger partial charge in [-0.05, 0) is 24.3 Å². The molecular formula is C16H14N4O2. The first-order valence-corrected chi connectivity index (χ1v) is 6.76. The van der Waals surface area contributed by atoms with E-state index in [4.69, 9.17) is 4.74 Å². The molecule has 0 spiro atoms. The smallest absolute Gasteiger partial charge is 0.277 e. The normalized spacial score (nSPS) is 10.9. The molecule has 6 nitrogen and oxygen atoms in total. The van der Waals surface area contributed by atoms with E-state index in [-0.39, 0.29) is 12.5 Å². The van der Waals surface area contributed by atoms with Crippen LogP contribution in [0.2, 0.25) is 0 Å². The van der Waals surface area contributed by atoms with Crippen LogP contribution in [0.15, 0.2) is 59.7 Å². The summed E-state index contributed by atoms with van der Waals surface area (Å²) in [5, 5.41) is 3.85. The molecule has 0 saturated carbocycles. The summed E-state index contributed by atoms with van der Waals surface area (Å²) in [6, 6.07) is 16.8. The second-order valence-corrected chi connectivity index (χ2v) is 4.53. The number of hydrazone groups is 1. The van der Waals surface area contributed by atoms with Crippen LogP contribution in [0.25, 0.3) is 11.0 Å². The summed E-state index contributed by atoms with van der Waals surface area (Å²) < 4.78 is 5.31. The average Bonchev–Trinajstić information content (AvgIpc) is 2.96. The van der Waals surface area contributed by atoms with Crippen molar-refractivity contribution in [1.82, 2.24) is 15.4 Å². The second-order valence-electron chi connectivity index (χ2n) is 4.53. The van der Waals surface area contributed by atoms with E-state index < -0.39 is 0 Å². The van der Waals surface area contributed by atoms with Crippen LogP contribution >= 0.6 is 0 Å². The van der Waals surface area contributed by atoms with E-state index in [1.54, 1.807) is 12.1 Å². The molecule has 1 amide bonds. The monoisotopic (exact) mass is 294 g/mol. The molecule has 2 N–H and O–H groups in total. The highest BCUT2D eigenvalue weighted by Crippen LogP contribution is 2.09. The Labute approximate surface area is 126 Å². The number of nitrogens with one attached hydrogen (secondary N) is 2. The average molecular weight is 294 g/mol. The standard InChI is InChI=1S/C16H14N4O2/c21-16(11-22-12-6-2-1-3-7-12)20-17-10-15-18-13-8-4-5-9-14(13)19-15/h1-10H,11H2,(H,18,19)(H,20,21). The van der Waals surface area contributed by atoms with E-state index in [0.717, 1.165) is 11.0 Å². The Kier molecular flexibility index (Phi) is 4.10. The van der Waals surface area contributed by atoms with Crippen LogP contribution in [-0.2, 0) is 4.79 Å². The molecule has 0 aliphatic rings. The molecule has 0 fully saturated rings. The van der Waals surface area contributed by atoms with Crippen molar-refractivity contribution >= 4 is 23.2 Å². The molecule has 0 radical (unpaired) electrons. The Balaban J connectivity index is 1.52. The summed E-state index contributed by atoms with van der Waals surface area (Å²) in [4.78, 5) is 19.0. The van der Waals surface area contributed by atoms with Crippen molar-refractivity contribution < 1.29 is 9.53 Å². The van der Waals surface area contributed by atoms with Crippen LogP contribution in [0.1, 0.15) is 5.82 Å². The molecule has 2 aromatic carbocycles. The Bertz CT molecular complexity index is 763. The fraction of sp³-hybridized carbons (Fsp3) is 0.0625. The number of carbonyl (C=O) groups is 1. The maximum Gasteiger partial charge on any atom is 0.277 e. The number of rotatable bonds is 5. The number of aromatic amines is 1. The number of carbonyl (C=O) groups excluding carboxylic acids is 1. The lowest BCUT2D eigenvalue weighted by molar-refractivity contribution is -0.123. The van der Waals surface area contributed by atoms with Crippen molar-refractivity contribution in [2.45, 2.75) is 0 Å². The molecule has 0 saturated heterocycles. The Morgan fingerprint density at radius 1 is 1.18 bits per heavy atom. The summed E-state index contributed by atoms with van der Waals surface area (Å²) in [5.74, 6) is 0.876. The number of benzene rings is 2. The molecule has 0 unspecified atom stereocenters. The van der Waals surface area contributed by atoms with Crippen LogP contribution in [0, 0.1) is 0 Å². The molecule has 110 valence electrons. The molecule has 0 bridgehead atoms. The van der Waals surface area contributed by atoms with Gasteiger partial charge in [-0.1, -0.05) is 30.3 Å². The highest BCUT2D eigenvalue weighted by atomic mass is 16.5. The van der Waals surface area contributed by atoms with E-state index in [1.165, 1.54) is 6.21 Å². The Morgan fingerprint density at radius 2 is 1.95 bits per heavy atom. The van der Waals surface area contributed by atoms with Crippen molar-refractivity contribution in [2.75, 3.05) is 6.61 Å².